The van der Waals surface area contributed by atoms with Crippen molar-refractivity contribution in [2.24, 2.45) is 17.8 Å². The first kappa shape index (κ1) is 14.5. The van der Waals surface area contributed by atoms with Gasteiger partial charge in [-0.25, -0.2) is 0 Å². The molecule has 0 aromatic rings. The molecule has 0 N–H and O–H groups in total. The standard InChI is InChI=1S/C11H19F3O/c1-7(2)5-6-9(11(12,13)14)10(15)8(3)4/h7-9H,5-6H2,1-4H3. The Kier molecular flexibility index (Phi) is 5.32. The maximum absolute atomic E-state index is 12.6. The van der Waals surface area contributed by atoms with Gasteiger partial charge in [0.15, 0.2) is 0 Å². The minimum atomic E-state index is -4.39. The molecule has 0 amide bonds. The average Bonchev–Trinajstić information content (AvgIpc) is 2.00. The van der Waals surface area contributed by atoms with E-state index >= 15 is 0 Å². The Morgan fingerprint density at radius 2 is 1.53 bits per heavy atom. The molecule has 1 unspecified atom stereocenters. The second-order valence-corrected chi connectivity index (χ2v) is 4.62. The van der Waals surface area contributed by atoms with Gasteiger partial charge in [0.2, 0.25) is 0 Å². The fraction of sp³-hybridized carbons (Fsp3) is 0.909. The summed E-state index contributed by atoms with van der Waals surface area (Å²) in [5.41, 5.74) is 0. The number of ketones is 1. The Labute approximate surface area is 89.0 Å². The molecule has 0 aliphatic rings. The van der Waals surface area contributed by atoms with Gasteiger partial charge in [0.05, 0.1) is 0 Å². The van der Waals surface area contributed by atoms with E-state index in [0.717, 1.165) is 0 Å². The molecule has 0 rings (SSSR count). The van der Waals surface area contributed by atoms with Crippen LogP contribution in [0.3, 0.4) is 0 Å². The molecule has 1 atom stereocenters. The van der Waals surface area contributed by atoms with Gasteiger partial charge in [-0.3, -0.25) is 4.79 Å². The molecule has 0 radical (unpaired) electrons. The Morgan fingerprint density at radius 1 is 1.07 bits per heavy atom. The van der Waals surface area contributed by atoms with E-state index in [0.29, 0.717) is 6.42 Å². The number of carbonyl (C=O) groups is 1. The Balaban J connectivity index is 4.53. The first-order valence-corrected chi connectivity index (χ1v) is 5.26. The van der Waals surface area contributed by atoms with Gasteiger partial charge in [-0.1, -0.05) is 27.7 Å². The number of halogens is 3. The predicted octanol–water partition coefficient (Wildman–Crippen LogP) is 3.83. The number of Topliss-reactive ketones (excluding diaryl/α,β-unsaturated/α-hetero) is 1. The Bertz CT molecular complexity index is 206. The van der Waals surface area contributed by atoms with Crippen LogP contribution < -0.4 is 0 Å². The Morgan fingerprint density at radius 3 is 1.80 bits per heavy atom. The molecule has 0 bridgehead atoms. The van der Waals surface area contributed by atoms with E-state index in [4.69, 9.17) is 0 Å². The van der Waals surface area contributed by atoms with E-state index in [-0.39, 0.29) is 12.3 Å². The van der Waals surface area contributed by atoms with Crippen LogP contribution >= 0.6 is 0 Å². The molecule has 0 saturated heterocycles. The molecule has 90 valence electrons. The van der Waals surface area contributed by atoms with Crippen molar-refractivity contribution < 1.29 is 18.0 Å². The summed E-state index contributed by atoms with van der Waals surface area (Å²) in [7, 11) is 0. The zero-order valence-electron chi connectivity index (χ0n) is 9.69. The van der Waals surface area contributed by atoms with Crippen molar-refractivity contribution in [1.29, 1.82) is 0 Å². The van der Waals surface area contributed by atoms with Crippen LogP contribution in [0.1, 0.15) is 40.5 Å². The molecule has 0 spiro atoms. The van der Waals surface area contributed by atoms with Crippen molar-refractivity contribution >= 4 is 5.78 Å². The molecule has 0 aromatic heterocycles. The maximum atomic E-state index is 12.6. The van der Waals surface area contributed by atoms with E-state index < -0.39 is 23.8 Å². The third kappa shape index (κ3) is 5.19. The summed E-state index contributed by atoms with van der Waals surface area (Å²) in [5.74, 6) is -2.83. The molecule has 0 aliphatic heterocycles. The summed E-state index contributed by atoms with van der Waals surface area (Å²) in [6.45, 7) is 6.73. The highest BCUT2D eigenvalue weighted by molar-refractivity contribution is 5.83. The smallest absolute Gasteiger partial charge is 0.299 e. The Hall–Kier alpha value is -0.540. The molecule has 4 heteroatoms. The van der Waals surface area contributed by atoms with Crippen LogP contribution in [0.25, 0.3) is 0 Å². The topological polar surface area (TPSA) is 17.1 Å². The third-order valence-electron chi connectivity index (χ3n) is 2.34. The van der Waals surface area contributed by atoms with Gasteiger partial charge in [0.25, 0.3) is 0 Å². The van der Waals surface area contributed by atoms with Crippen molar-refractivity contribution in [3.05, 3.63) is 0 Å². The molecule has 0 aromatic carbocycles. The normalized spacial score (nSPS) is 14.7. The monoisotopic (exact) mass is 224 g/mol. The fourth-order valence-corrected chi connectivity index (χ4v) is 1.37. The van der Waals surface area contributed by atoms with Crippen molar-refractivity contribution in [2.75, 3.05) is 0 Å². The maximum Gasteiger partial charge on any atom is 0.398 e. The highest BCUT2D eigenvalue weighted by atomic mass is 19.4. The quantitative estimate of drug-likeness (QED) is 0.693. The molecule has 0 heterocycles. The van der Waals surface area contributed by atoms with Gasteiger partial charge >= 0.3 is 6.18 Å². The van der Waals surface area contributed by atoms with E-state index in [1.54, 1.807) is 0 Å². The molecular weight excluding hydrogens is 205 g/mol. The zero-order chi connectivity index (χ0) is 12.2. The van der Waals surface area contributed by atoms with Crippen molar-refractivity contribution in [3.8, 4) is 0 Å². The first-order valence-electron chi connectivity index (χ1n) is 5.26. The van der Waals surface area contributed by atoms with Crippen LogP contribution in [0, 0.1) is 17.8 Å². The van der Waals surface area contributed by atoms with Crippen molar-refractivity contribution in [2.45, 2.75) is 46.7 Å². The molecule has 0 fully saturated rings. The van der Waals surface area contributed by atoms with Gasteiger partial charge in [-0.2, -0.15) is 13.2 Å². The number of hydrogen-bond donors (Lipinski definition) is 0. The number of carbonyl (C=O) groups excluding carboxylic acids is 1. The van der Waals surface area contributed by atoms with Gasteiger partial charge in [0.1, 0.15) is 11.7 Å². The lowest BCUT2D eigenvalue weighted by Gasteiger charge is -2.21. The fourth-order valence-electron chi connectivity index (χ4n) is 1.37. The minimum Gasteiger partial charge on any atom is -0.299 e. The van der Waals surface area contributed by atoms with E-state index in [1.807, 2.05) is 13.8 Å². The largest absolute Gasteiger partial charge is 0.398 e. The van der Waals surface area contributed by atoms with Crippen molar-refractivity contribution in [1.82, 2.24) is 0 Å². The summed E-state index contributed by atoms with van der Waals surface area (Å²) in [6.07, 6.45) is -4.04. The van der Waals surface area contributed by atoms with Gasteiger partial charge in [-0.05, 0) is 18.8 Å². The highest BCUT2D eigenvalue weighted by Crippen LogP contribution is 2.33. The van der Waals surface area contributed by atoms with Crippen LogP contribution in [0.15, 0.2) is 0 Å². The van der Waals surface area contributed by atoms with E-state index in [1.165, 1.54) is 13.8 Å². The van der Waals surface area contributed by atoms with Crippen LogP contribution in [0.4, 0.5) is 13.2 Å². The van der Waals surface area contributed by atoms with Gasteiger partial charge in [0, 0.05) is 5.92 Å². The number of rotatable bonds is 5. The zero-order valence-corrected chi connectivity index (χ0v) is 9.69. The third-order valence-corrected chi connectivity index (χ3v) is 2.34. The molecular formula is C11H19F3O. The highest BCUT2D eigenvalue weighted by Gasteiger charge is 2.44. The SMILES string of the molecule is CC(C)CCC(C(=O)C(C)C)C(F)(F)F. The van der Waals surface area contributed by atoms with Gasteiger partial charge < -0.3 is 0 Å². The lowest BCUT2D eigenvalue weighted by molar-refractivity contribution is -0.185. The lowest BCUT2D eigenvalue weighted by atomic mass is 9.88. The molecule has 1 nitrogen and oxygen atoms in total. The van der Waals surface area contributed by atoms with E-state index in [9.17, 15) is 18.0 Å². The average molecular weight is 224 g/mol. The van der Waals surface area contributed by atoms with Gasteiger partial charge in [-0.15, -0.1) is 0 Å². The second-order valence-electron chi connectivity index (χ2n) is 4.62. The van der Waals surface area contributed by atoms with Crippen LogP contribution in [-0.4, -0.2) is 12.0 Å². The number of alkyl halides is 3. The lowest BCUT2D eigenvalue weighted by Crippen LogP contribution is -2.33. The predicted molar refractivity (Wildman–Crippen MR) is 53.5 cm³/mol. The molecule has 15 heavy (non-hydrogen) atoms. The summed E-state index contributed by atoms with van der Waals surface area (Å²) < 4.78 is 37.7. The van der Waals surface area contributed by atoms with Crippen LogP contribution in [0.2, 0.25) is 0 Å². The first-order chi connectivity index (χ1) is 6.66. The second kappa shape index (κ2) is 5.52. The summed E-state index contributed by atoms with van der Waals surface area (Å²) in [6, 6.07) is 0. The van der Waals surface area contributed by atoms with E-state index in [2.05, 4.69) is 0 Å². The van der Waals surface area contributed by atoms with Crippen LogP contribution in [-0.2, 0) is 4.79 Å². The number of hydrogen-bond acceptors (Lipinski definition) is 1. The van der Waals surface area contributed by atoms with Crippen molar-refractivity contribution in [3.63, 3.8) is 0 Å². The summed E-state index contributed by atoms with van der Waals surface area (Å²) in [5, 5.41) is 0. The van der Waals surface area contributed by atoms with Crippen LogP contribution in [0.5, 0.6) is 0 Å². The minimum absolute atomic E-state index is 0.0851. The molecule has 0 aliphatic carbocycles. The summed E-state index contributed by atoms with van der Waals surface area (Å²) in [4.78, 5) is 11.4. The summed E-state index contributed by atoms with van der Waals surface area (Å²) >= 11 is 0. The molecule has 0 saturated carbocycles.